The fourth-order valence-electron chi connectivity index (χ4n) is 15.1. The molecule has 0 bridgehead atoms. The summed E-state index contributed by atoms with van der Waals surface area (Å²) in [7, 11) is 0. The minimum Gasteiger partial charge on any atom is -0.340 e. The Morgan fingerprint density at radius 2 is 0.523 bits per heavy atom. The number of carbonyl (C=O) groups excluding carboxylic acids is 4. The molecular formula is C78H84N4O4. The summed E-state index contributed by atoms with van der Waals surface area (Å²) in [4.78, 5) is 62.0. The molecule has 4 amide bonds. The van der Waals surface area contributed by atoms with Crippen molar-refractivity contribution in [1.82, 2.24) is 18.9 Å². The van der Waals surface area contributed by atoms with Gasteiger partial charge in [0, 0.05) is 103 Å². The number of hydrogen-bond acceptors (Lipinski definition) is 4. The van der Waals surface area contributed by atoms with Crippen molar-refractivity contribution in [2.24, 2.45) is 0 Å². The maximum atomic E-state index is 14.8. The molecule has 0 atom stereocenters. The fourth-order valence-corrected chi connectivity index (χ4v) is 15.1. The van der Waals surface area contributed by atoms with Crippen LogP contribution in [0.4, 0.5) is 0 Å². The normalized spacial score (nSPS) is 13.7. The second kappa shape index (κ2) is 24.9. The van der Waals surface area contributed by atoms with Crippen molar-refractivity contribution in [3.05, 3.63) is 166 Å². The first-order valence-electron chi connectivity index (χ1n) is 33.2. The largest absolute Gasteiger partial charge is 0.340 e. The second-order valence-electron chi connectivity index (χ2n) is 25.3. The van der Waals surface area contributed by atoms with Crippen LogP contribution in [0.25, 0.3) is 86.7 Å². The summed E-state index contributed by atoms with van der Waals surface area (Å²) in [6.07, 6.45) is 25.3. The van der Waals surface area contributed by atoms with Crippen LogP contribution >= 0.6 is 0 Å². The van der Waals surface area contributed by atoms with Crippen LogP contribution in [0.2, 0.25) is 0 Å². The number of fused-ring (bicyclic) bond motifs is 8. The average Bonchev–Trinajstić information content (AvgIpc) is 1.01. The summed E-state index contributed by atoms with van der Waals surface area (Å²) in [5, 5.41) is 11.8. The van der Waals surface area contributed by atoms with Gasteiger partial charge in [-0.15, -0.1) is 0 Å². The Morgan fingerprint density at radius 1 is 0.256 bits per heavy atom. The quantitative estimate of drug-likeness (QED) is 0.0212. The van der Waals surface area contributed by atoms with E-state index >= 15 is 0 Å². The Kier molecular flexibility index (Phi) is 16.6. The zero-order valence-corrected chi connectivity index (χ0v) is 51.4. The van der Waals surface area contributed by atoms with Crippen LogP contribution in [-0.4, -0.2) is 55.7 Å². The van der Waals surface area contributed by atoms with E-state index in [1.165, 1.54) is 178 Å². The molecule has 8 heteroatoms. The summed E-state index contributed by atoms with van der Waals surface area (Å²) in [6, 6.07) is 43.6. The third kappa shape index (κ3) is 10.3. The molecule has 0 saturated heterocycles. The van der Waals surface area contributed by atoms with Crippen molar-refractivity contribution < 1.29 is 19.2 Å². The molecule has 4 heterocycles. The topological polar surface area (TPSA) is 84.6 Å². The van der Waals surface area contributed by atoms with Crippen LogP contribution in [0.15, 0.2) is 121 Å². The van der Waals surface area contributed by atoms with Crippen molar-refractivity contribution in [2.45, 2.75) is 182 Å². The standard InChI is InChI=1S/C78H84N4O4/c1-5-9-13-17-23-51-27-39-67-63(47-51)64-48-52(24-18-14-10-6-2)28-40-68(64)79(67)43-21-45-81-75(83)59-35-31-55-57-33-37-61-74-62(38-34-58(72(57)74)56-32-36-60(76(81)84)73(59)71(55)56)78(86)82(77(61)85)46-22-44-80-69-41-29-53(25-19-15-11-7-3)49-65(69)66-50-54(30-42-70(66)80)26-20-16-12-8-4/h27-42,47-50H,5-26,43-46H2,1-4H3. The van der Waals surface area contributed by atoms with Gasteiger partial charge in [-0.2, -0.15) is 0 Å². The highest BCUT2D eigenvalue weighted by molar-refractivity contribution is 6.41. The molecule has 0 spiro atoms. The maximum Gasteiger partial charge on any atom is 0.261 e. The number of amides is 4. The van der Waals surface area contributed by atoms with E-state index in [9.17, 15) is 19.2 Å². The van der Waals surface area contributed by atoms with Crippen molar-refractivity contribution >= 4 is 110 Å². The van der Waals surface area contributed by atoms with E-state index in [2.05, 4.69) is 110 Å². The monoisotopic (exact) mass is 1140 g/mol. The Balaban J connectivity index is 0.753. The molecule has 11 aromatic rings. The molecule has 8 nitrogen and oxygen atoms in total. The molecule has 13 rings (SSSR count). The Bertz CT molecular complexity index is 3880. The summed E-state index contributed by atoms with van der Waals surface area (Å²) < 4.78 is 4.80. The van der Waals surface area contributed by atoms with Crippen LogP contribution in [0.1, 0.15) is 207 Å². The number of rotatable bonds is 28. The van der Waals surface area contributed by atoms with Gasteiger partial charge in [0.2, 0.25) is 0 Å². The lowest BCUT2D eigenvalue weighted by Crippen LogP contribution is -2.41. The van der Waals surface area contributed by atoms with Crippen molar-refractivity contribution in [3.63, 3.8) is 0 Å². The van der Waals surface area contributed by atoms with Crippen molar-refractivity contribution in [1.29, 1.82) is 0 Å². The van der Waals surface area contributed by atoms with Crippen molar-refractivity contribution in [3.8, 4) is 0 Å². The van der Waals surface area contributed by atoms with Gasteiger partial charge in [-0.1, -0.05) is 153 Å². The molecule has 2 aromatic heterocycles. The van der Waals surface area contributed by atoms with E-state index < -0.39 is 0 Å². The second-order valence-corrected chi connectivity index (χ2v) is 25.3. The van der Waals surface area contributed by atoms with Gasteiger partial charge in [-0.3, -0.25) is 29.0 Å². The number of hydrogen-bond donors (Lipinski definition) is 0. The predicted molar refractivity (Wildman–Crippen MR) is 358 cm³/mol. The minimum atomic E-state index is -0.274. The molecule has 0 fully saturated rings. The first-order chi connectivity index (χ1) is 42.2. The van der Waals surface area contributed by atoms with Crippen LogP contribution in [-0.2, 0) is 38.8 Å². The van der Waals surface area contributed by atoms with E-state index in [4.69, 9.17) is 0 Å². The molecule has 440 valence electrons. The van der Waals surface area contributed by atoms with Gasteiger partial charge in [-0.05, 0) is 192 Å². The lowest BCUT2D eigenvalue weighted by molar-refractivity contribution is 0.0592. The number of carbonyl (C=O) groups is 4. The van der Waals surface area contributed by atoms with Crippen LogP contribution in [0.3, 0.4) is 0 Å². The van der Waals surface area contributed by atoms with Crippen LogP contribution < -0.4 is 0 Å². The number of aryl methyl sites for hydroxylation is 6. The smallest absolute Gasteiger partial charge is 0.261 e. The highest BCUT2D eigenvalue weighted by Gasteiger charge is 2.37. The highest BCUT2D eigenvalue weighted by Crippen LogP contribution is 2.47. The van der Waals surface area contributed by atoms with E-state index in [0.29, 0.717) is 72.0 Å². The van der Waals surface area contributed by atoms with Gasteiger partial charge in [0.1, 0.15) is 0 Å². The van der Waals surface area contributed by atoms with Gasteiger partial charge < -0.3 is 9.13 Å². The fraction of sp³-hybridized carbons (Fsp3) is 0.385. The molecule has 0 unspecified atom stereocenters. The van der Waals surface area contributed by atoms with E-state index in [1.54, 1.807) is 0 Å². The number of nitrogens with zero attached hydrogens (tertiary/aromatic N) is 4. The van der Waals surface area contributed by atoms with Crippen molar-refractivity contribution in [2.75, 3.05) is 13.1 Å². The van der Waals surface area contributed by atoms with Gasteiger partial charge in [-0.25, -0.2) is 0 Å². The maximum absolute atomic E-state index is 14.8. The zero-order chi connectivity index (χ0) is 59.0. The molecule has 2 aliphatic rings. The summed E-state index contributed by atoms with van der Waals surface area (Å²) in [5.74, 6) is -1.10. The van der Waals surface area contributed by atoms with Crippen LogP contribution in [0, 0.1) is 0 Å². The van der Waals surface area contributed by atoms with Gasteiger partial charge in [0.05, 0.1) is 0 Å². The molecule has 0 saturated carbocycles. The SMILES string of the molecule is CCCCCCc1ccc2c(c1)c1cc(CCCCCC)ccc1n2CCCN1C(=O)c2ccc3c4ccc5c6c(ccc(c7ccc(c2c37)C1=O)c64)C(=O)N(CCCn1c2ccc(CCCCCC)cc2c2cc(CCCCCC)ccc21)C5=O. The molecule has 9 aromatic carbocycles. The van der Waals surface area contributed by atoms with E-state index in [0.717, 1.165) is 58.0 Å². The summed E-state index contributed by atoms with van der Waals surface area (Å²) in [5.41, 5.74) is 12.4. The summed E-state index contributed by atoms with van der Waals surface area (Å²) in [6.45, 7) is 11.0. The molecule has 0 N–H and O–H groups in total. The average molecular weight is 1140 g/mol. The molecule has 0 aliphatic carbocycles. The number of unbranched alkanes of at least 4 members (excludes halogenated alkanes) is 12. The predicted octanol–water partition coefficient (Wildman–Crippen LogP) is 19.8. The lowest BCUT2D eigenvalue weighted by Gasteiger charge is -2.30. The Hall–Kier alpha value is -7.84. The van der Waals surface area contributed by atoms with E-state index in [1.807, 2.05) is 48.5 Å². The third-order valence-corrected chi connectivity index (χ3v) is 19.6. The van der Waals surface area contributed by atoms with E-state index in [-0.39, 0.29) is 23.6 Å². The lowest BCUT2D eigenvalue weighted by atomic mass is 9.82. The van der Waals surface area contributed by atoms with Gasteiger partial charge in [0.25, 0.3) is 23.6 Å². The highest BCUT2D eigenvalue weighted by atomic mass is 16.2. The van der Waals surface area contributed by atoms with Gasteiger partial charge >= 0.3 is 0 Å². The molecule has 0 radical (unpaired) electrons. The van der Waals surface area contributed by atoms with Gasteiger partial charge in [0.15, 0.2) is 0 Å². The number of aromatic nitrogens is 2. The molecular weight excluding hydrogens is 1060 g/mol. The number of benzene rings is 9. The first kappa shape index (κ1) is 57.2. The first-order valence-corrected chi connectivity index (χ1v) is 33.2. The van der Waals surface area contributed by atoms with Crippen LogP contribution in [0.5, 0.6) is 0 Å². The molecule has 86 heavy (non-hydrogen) atoms. The molecule has 2 aliphatic heterocycles. The Morgan fingerprint density at radius 3 is 0.779 bits per heavy atom. The third-order valence-electron chi connectivity index (χ3n) is 19.6. The summed E-state index contributed by atoms with van der Waals surface area (Å²) >= 11 is 0. The number of imide groups is 2. The minimum absolute atomic E-state index is 0.274. The zero-order valence-electron chi connectivity index (χ0n) is 51.4. The Labute approximate surface area is 506 Å².